The van der Waals surface area contributed by atoms with Gasteiger partial charge in [-0.3, -0.25) is 14.8 Å². The molecule has 0 radical (unpaired) electrons. The van der Waals surface area contributed by atoms with Crippen molar-refractivity contribution in [3.8, 4) is 11.5 Å². The van der Waals surface area contributed by atoms with Crippen LogP contribution in [0.4, 0.5) is 11.4 Å². The highest BCUT2D eigenvalue weighted by Gasteiger charge is 2.22. The summed E-state index contributed by atoms with van der Waals surface area (Å²) in [5.41, 5.74) is 3.90. The highest BCUT2D eigenvalue weighted by molar-refractivity contribution is 5.94. The van der Waals surface area contributed by atoms with Crippen LogP contribution in [0.15, 0.2) is 18.2 Å². The van der Waals surface area contributed by atoms with Gasteiger partial charge < -0.3 is 19.7 Å². The van der Waals surface area contributed by atoms with Gasteiger partial charge in [0.05, 0.1) is 43.5 Å². The van der Waals surface area contributed by atoms with Crippen molar-refractivity contribution in [2.45, 2.75) is 13.8 Å². The molecule has 8 heteroatoms. The molecule has 1 aliphatic heterocycles. The number of nitrogens with zero attached hydrogens (tertiary/aromatic N) is 3. The average Bonchev–Trinajstić information content (AvgIpc) is 3.00. The molecule has 8 nitrogen and oxygen atoms in total. The Hall–Kier alpha value is -2.74. The van der Waals surface area contributed by atoms with E-state index in [4.69, 9.17) is 9.47 Å². The molecule has 2 heterocycles. The van der Waals surface area contributed by atoms with Gasteiger partial charge in [-0.2, -0.15) is 5.10 Å². The standard InChI is InChI=1S/C19H27N5O3/c1-13-19(14(2)22-21-13)24-9-7-23(8-10-24)12-18(25)20-16-11-15(26-3)5-6-17(16)27-4/h5-6,11H,7-10,12H2,1-4H3,(H,20,25)(H,21,22). The van der Waals surface area contributed by atoms with Gasteiger partial charge in [-0.1, -0.05) is 0 Å². The lowest BCUT2D eigenvalue weighted by atomic mass is 10.2. The van der Waals surface area contributed by atoms with Crippen molar-refractivity contribution in [2.75, 3.05) is 57.2 Å². The van der Waals surface area contributed by atoms with Crippen LogP contribution in [0.5, 0.6) is 11.5 Å². The quantitative estimate of drug-likeness (QED) is 0.804. The number of piperazine rings is 1. The van der Waals surface area contributed by atoms with Gasteiger partial charge in [0, 0.05) is 32.2 Å². The van der Waals surface area contributed by atoms with Crippen LogP contribution in [-0.2, 0) is 4.79 Å². The topological polar surface area (TPSA) is 82.7 Å². The number of H-pyrrole nitrogens is 1. The number of methoxy groups -OCH3 is 2. The smallest absolute Gasteiger partial charge is 0.238 e. The van der Waals surface area contributed by atoms with E-state index in [0.717, 1.165) is 37.6 Å². The molecule has 1 aliphatic rings. The van der Waals surface area contributed by atoms with Gasteiger partial charge in [-0.15, -0.1) is 0 Å². The SMILES string of the molecule is COc1ccc(OC)c(NC(=O)CN2CCN(c3c(C)n[nH]c3C)CC2)c1. The highest BCUT2D eigenvalue weighted by atomic mass is 16.5. The van der Waals surface area contributed by atoms with Crippen LogP contribution in [0.1, 0.15) is 11.4 Å². The summed E-state index contributed by atoms with van der Waals surface area (Å²) in [4.78, 5) is 17.0. The molecular weight excluding hydrogens is 346 g/mol. The summed E-state index contributed by atoms with van der Waals surface area (Å²) in [5.74, 6) is 1.22. The third kappa shape index (κ3) is 4.33. The summed E-state index contributed by atoms with van der Waals surface area (Å²) in [6, 6.07) is 5.34. The second-order valence-corrected chi connectivity index (χ2v) is 6.66. The van der Waals surface area contributed by atoms with E-state index in [1.165, 1.54) is 5.69 Å². The molecule has 0 unspecified atom stereocenters. The van der Waals surface area contributed by atoms with Crippen molar-refractivity contribution < 1.29 is 14.3 Å². The van der Waals surface area contributed by atoms with E-state index in [-0.39, 0.29) is 5.91 Å². The Kier molecular flexibility index (Phi) is 5.85. The van der Waals surface area contributed by atoms with Crippen LogP contribution in [-0.4, -0.2) is 67.9 Å². The molecule has 1 aromatic carbocycles. The first kappa shape index (κ1) is 19.0. The first-order chi connectivity index (χ1) is 13.0. The van der Waals surface area contributed by atoms with E-state index >= 15 is 0 Å². The Morgan fingerprint density at radius 2 is 1.93 bits per heavy atom. The number of hydrogen-bond donors (Lipinski definition) is 2. The number of aryl methyl sites for hydroxylation is 2. The van der Waals surface area contributed by atoms with Gasteiger partial charge in [0.2, 0.25) is 5.91 Å². The Morgan fingerprint density at radius 1 is 1.19 bits per heavy atom. The summed E-state index contributed by atoms with van der Waals surface area (Å²) in [6.07, 6.45) is 0. The Labute approximate surface area is 159 Å². The molecular formula is C19H27N5O3. The fraction of sp³-hybridized carbons (Fsp3) is 0.474. The van der Waals surface area contributed by atoms with Gasteiger partial charge in [0.25, 0.3) is 0 Å². The molecule has 1 amide bonds. The molecule has 3 rings (SSSR count). The Morgan fingerprint density at radius 3 is 2.52 bits per heavy atom. The monoisotopic (exact) mass is 373 g/mol. The summed E-state index contributed by atoms with van der Waals surface area (Å²) in [5, 5.41) is 10.2. The minimum Gasteiger partial charge on any atom is -0.497 e. The van der Waals surface area contributed by atoms with Crippen LogP contribution in [0, 0.1) is 13.8 Å². The lowest BCUT2D eigenvalue weighted by molar-refractivity contribution is -0.117. The van der Waals surface area contributed by atoms with Gasteiger partial charge in [0.1, 0.15) is 11.5 Å². The number of amides is 1. The van der Waals surface area contributed by atoms with Crippen LogP contribution in [0.2, 0.25) is 0 Å². The zero-order valence-electron chi connectivity index (χ0n) is 16.3. The highest BCUT2D eigenvalue weighted by Crippen LogP contribution is 2.29. The van der Waals surface area contributed by atoms with Crippen LogP contribution < -0.4 is 19.7 Å². The second kappa shape index (κ2) is 8.30. The van der Waals surface area contributed by atoms with Crippen molar-refractivity contribution in [3.63, 3.8) is 0 Å². The zero-order chi connectivity index (χ0) is 19.4. The molecule has 2 N–H and O–H groups in total. The van der Waals surface area contributed by atoms with E-state index in [2.05, 4.69) is 25.3 Å². The van der Waals surface area contributed by atoms with E-state index in [1.54, 1.807) is 32.4 Å². The number of aromatic nitrogens is 2. The Balaban J connectivity index is 1.56. The van der Waals surface area contributed by atoms with Gasteiger partial charge in [-0.25, -0.2) is 0 Å². The number of rotatable bonds is 6. The number of aromatic amines is 1. The summed E-state index contributed by atoms with van der Waals surface area (Å²) >= 11 is 0. The molecule has 2 aromatic rings. The number of benzene rings is 1. The number of carbonyl (C=O) groups is 1. The fourth-order valence-corrected chi connectivity index (χ4v) is 3.45. The molecule has 27 heavy (non-hydrogen) atoms. The summed E-state index contributed by atoms with van der Waals surface area (Å²) in [7, 11) is 3.17. The maximum atomic E-state index is 12.5. The first-order valence-corrected chi connectivity index (χ1v) is 9.02. The molecule has 1 aromatic heterocycles. The summed E-state index contributed by atoms with van der Waals surface area (Å²) < 4.78 is 10.5. The summed E-state index contributed by atoms with van der Waals surface area (Å²) in [6.45, 7) is 7.79. The third-order valence-electron chi connectivity index (χ3n) is 4.83. The molecule has 146 valence electrons. The molecule has 0 saturated carbocycles. The molecule has 0 aliphatic carbocycles. The van der Waals surface area contributed by atoms with E-state index in [9.17, 15) is 4.79 Å². The minimum atomic E-state index is -0.0642. The number of hydrogen-bond acceptors (Lipinski definition) is 6. The van der Waals surface area contributed by atoms with Gasteiger partial charge in [0.15, 0.2) is 0 Å². The number of carbonyl (C=O) groups excluding carboxylic acids is 1. The lowest BCUT2D eigenvalue weighted by Crippen LogP contribution is -2.49. The van der Waals surface area contributed by atoms with E-state index in [0.29, 0.717) is 23.7 Å². The fourth-order valence-electron chi connectivity index (χ4n) is 3.45. The van der Waals surface area contributed by atoms with Crippen LogP contribution >= 0.6 is 0 Å². The van der Waals surface area contributed by atoms with Crippen molar-refractivity contribution in [2.24, 2.45) is 0 Å². The van der Waals surface area contributed by atoms with Crippen molar-refractivity contribution >= 4 is 17.3 Å². The van der Waals surface area contributed by atoms with E-state index < -0.39 is 0 Å². The largest absolute Gasteiger partial charge is 0.497 e. The number of anilines is 2. The zero-order valence-corrected chi connectivity index (χ0v) is 16.3. The molecule has 0 bridgehead atoms. The predicted octanol–water partition coefficient (Wildman–Crippen LogP) is 1.80. The molecule has 0 spiro atoms. The van der Waals surface area contributed by atoms with Crippen molar-refractivity contribution in [1.82, 2.24) is 15.1 Å². The Bertz CT molecular complexity index is 777. The maximum absolute atomic E-state index is 12.5. The number of ether oxygens (including phenoxy) is 2. The van der Waals surface area contributed by atoms with Crippen molar-refractivity contribution in [1.29, 1.82) is 0 Å². The molecule has 1 saturated heterocycles. The minimum absolute atomic E-state index is 0.0642. The van der Waals surface area contributed by atoms with Crippen LogP contribution in [0.3, 0.4) is 0 Å². The molecule has 1 fully saturated rings. The molecule has 0 atom stereocenters. The lowest BCUT2D eigenvalue weighted by Gasteiger charge is -2.35. The van der Waals surface area contributed by atoms with Crippen LogP contribution in [0.25, 0.3) is 0 Å². The predicted molar refractivity (Wildman–Crippen MR) is 105 cm³/mol. The third-order valence-corrected chi connectivity index (χ3v) is 4.83. The average molecular weight is 373 g/mol. The van der Waals surface area contributed by atoms with Gasteiger partial charge >= 0.3 is 0 Å². The first-order valence-electron chi connectivity index (χ1n) is 9.02. The van der Waals surface area contributed by atoms with E-state index in [1.807, 2.05) is 13.8 Å². The normalized spacial score (nSPS) is 14.9. The van der Waals surface area contributed by atoms with Gasteiger partial charge in [-0.05, 0) is 26.0 Å². The second-order valence-electron chi connectivity index (χ2n) is 6.66. The maximum Gasteiger partial charge on any atom is 0.238 e. The number of nitrogens with one attached hydrogen (secondary N) is 2. The van der Waals surface area contributed by atoms with Crippen molar-refractivity contribution in [3.05, 3.63) is 29.6 Å².